The first-order valence-corrected chi connectivity index (χ1v) is 11.2. The molecule has 2 aromatic carbocycles. The molecule has 0 aliphatic carbocycles. The van der Waals surface area contributed by atoms with Gasteiger partial charge in [0.05, 0.1) is 4.90 Å². The van der Waals surface area contributed by atoms with Crippen LogP contribution < -0.4 is 56.1 Å². The summed E-state index contributed by atoms with van der Waals surface area (Å²) in [7, 11) is -4.49. The van der Waals surface area contributed by atoms with E-state index in [0.29, 0.717) is 23.5 Å². The van der Waals surface area contributed by atoms with E-state index < -0.39 is 10.1 Å². The Hall–Kier alpha value is -0.214. The number of hydrogen-bond donors (Lipinski definition) is 0. The second kappa shape index (κ2) is 13.9. The minimum absolute atomic E-state index is 0. The maximum absolute atomic E-state index is 11.6. The van der Waals surface area contributed by atoms with Crippen LogP contribution in [0.1, 0.15) is 63.9 Å². The van der Waals surface area contributed by atoms with Crippen molar-refractivity contribution in [3.8, 4) is 11.5 Å². The number of aryl methyl sites for hydroxylation is 1. The first-order valence-electron chi connectivity index (χ1n) is 9.82. The summed E-state index contributed by atoms with van der Waals surface area (Å²) in [5, 5.41) is 0. The largest absolute Gasteiger partial charge is 1.00 e. The van der Waals surface area contributed by atoms with Crippen molar-refractivity contribution >= 4 is 10.1 Å². The van der Waals surface area contributed by atoms with Gasteiger partial charge in [0, 0.05) is 0 Å². The Labute approximate surface area is 212 Å². The molecule has 0 N–H and O–H groups in total. The number of rotatable bonds is 12. The molecular formula is C22H29KO4S. The molecule has 0 aromatic heterocycles. The second-order valence-electron chi connectivity index (χ2n) is 6.86. The minimum atomic E-state index is -4.49. The van der Waals surface area contributed by atoms with E-state index in [0.717, 1.165) is 19.3 Å². The molecule has 28 heavy (non-hydrogen) atoms. The van der Waals surface area contributed by atoms with Crippen molar-refractivity contribution in [1.82, 2.24) is 0 Å². The third-order valence-corrected chi connectivity index (χ3v) is 5.52. The van der Waals surface area contributed by atoms with Crippen molar-refractivity contribution in [3.63, 3.8) is 0 Å². The molecule has 0 fully saturated rings. The van der Waals surface area contributed by atoms with E-state index in [4.69, 9.17) is 4.74 Å². The van der Waals surface area contributed by atoms with Crippen molar-refractivity contribution < 1.29 is 69.1 Å². The summed E-state index contributed by atoms with van der Waals surface area (Å²) >= 11 is 0. The van der Waals surface area contributed by atoms with Crippen LogP contribution in [0.2, 0.25) is 0 Å². The Morgan fingerprint density at radius 2 is 1.43 bits per heavy atom. The molecule has 2 aromatic rings. The second-order valence-corrected chi connectivity index (χ2v) is 8.21. The zero-order valence-electron chi connectivity index (χ0n) is 17.0. The van der Waals surface area contributed by atoms with E-state index in [9.17, 15) is 13.0 Å². The van der Waals surface area contributed by atoms with Crippen LogP contribution in [0.4, 0.5) is 0 Å². The van der Waals surface area contributed by atoms with E-state index in [1.165, 1.54) is 44.2 Å². The van der Waals surface area contributed by atoms with Gasteiger partial charge in [0.15, 0.2) is 0 Å². The molecule has 2 rings (SSSR count). The standard InChI is InChI=1S/C22H30O4S.K/c1-2-3-4-5-6-7-8-10-13-19-18-21(16-17-22(19)27(23,24)25)26-20-14-11-9-12-15-20;/h9,11-12,14-18H,2-8,10,13H2,1H3,(H,23,24,25);/q;+1/p-1. The predicted molar refractivity (Wildman–Crippen MR) is 107 cm³/mol. The van der Waals surface area contributed by atoms with Gasteiger partial charge in [-0.15, -0.1) is 0 Å². The summed E-state index contributed by atoms with van der Waals surface area (Å²) in [6.45, 7) is 2.21. The number of para-hydroxylation sites is 1. The summed E-state index contributed by atoms with van der Waals surface area (Å²) < 4.78 is 40.5. The van der Waals surface area contributed by atoms with Crippen LogP contribution in [0.3, 0.4) is 0 Å². The van der Waals surface area contributed by atoms with E-state index in [-0.39, 0.29) is 56.3 Å². The smallest absolute Gasteiger partial charge is 0.744 e. The summed E-state index contributed by atoms with van der Waals surface area (Å²) in [5.41, 5.74) is 0.546. The van der Waals surface area contributed by atoms with Gasteiger partial charge in [-0.2, -0.15) is 0 Å². The van der Waals surface area contributed by atoms with Crippen LogP contribution in [0.15, 0.2) is 53.4 Å². The first kappa shape index (κ1) is 25.8. The summed E-state index contributed by atoms with van der Waals surface area (Å²) in [4.78, 5) is -0.133. The fourth-order valence-electron chi connectivity index (χ4n) is 3.13. The monoisotopic (exact) mass is 428 g/mol. The third kappa shape index (κ3) is 9.52. The van der Waals surface area contributed by atoms with Crippen LogP contribution in [0.5, 0.6) is 11.5 Å². The minimum Gasteiger partial charge on any atom is -0.744 e. The molecule has 0 atom stereocenters. The molecule has 0 aliphatic rings. The average Bonchev–Trinajstić information content (AvgIpc) is 2.64. The van der Waals surface area contributed by atoms with Crippen molar-refractivity contribution in [2.45, 2.75) is 69.6 Å². The Bertz CT molecular complexity index is 791. The normalized spacial score (nSPS) is 11.1. The van der Waals surface area contributed by atoms with Gasteiger partial charge in [-0.1, -0.05) is 70.1 Å². The quantitative estimate of drug-likeness (QED) is 0.296. The van der Waals surface area contributed by atoms with Crippen LogP contribution in [-0.4, -0.2) is 13.0 Å². The molecule has 0 unspecified atom stereocenters. The molecule has 0 heterocycles. The van der Waals surface area contributed by atoms with E-state index >= 15 is 0 Å². The fourth-order valence-corrected chi connectivity index (χ4v) is 3.85. The maximum Gasteiger partial charge on any atom is 1.00 e. The number of benzene rings is 2. The first-order chi connectivity index (χ1) is 13.0. The maximum atomic E-state index is 11.6. The Morgan fingerprint density at radius 1 is 0.821 bits per heavy atom. The molecule has 0 bridgehead atoms. The predicted octanol–water partition coefficient (Wildman–Crippen LogP) is 3.07. The number of hydrogen-bond acceptors (Lipinski definition) is 4. The molecule has 0 saturated heterocycles. The Balaban J connectivity index is 0.00000392. The van der Waals surface area contributed by atoms with Crippen LogP contribution in [-0.2, 0) is 16.5 Å². The van der Waals surface area contributed by atoms with Crippen LogP contribution in [0.25, 0.3) is 0 Å². The molecule has 0 spiro atoms. The molecule has 0 amide bonds. The Morgan fingerprint density at radius 3 is 2.04 bits per heavy atom. The van der Waals surface area contributed by atoms with Crippen molar-refractivity contribution in [1.29, 1.82) is 0 Å². The van der Waals surface area contributed by atoms with E-state index in [1.807, 2.05) is 30.3 Å². The molecule has 0 aliphatic heterocycles. The van der Waals surface area contributed by atoms with Gasteiger partial charge in [0.25, 0.3) is 0 Å². The van der Waals surface area contributed by atoms with Gasteiger partial charge in [0.2, 0.25) is 0 Å². The molecule has 4 nitrogen and oxygen atoms in total. The molecular weight excluding hydrogens is 399 g/mol. The molecule has 148 valence electrons. The van der Waals surface area contributed by atoms with Gasteiger partial charge in [0.1, 0.15) is 21.6 Å². The SMILES string of the molecule is CCCCCCCCCCc1cc(Oc2ccccc2)ccc1S(=O)(=O)[O-].[K+]. The molecule has 6 heteroatoms. The van der Waals surface area contributed by atoms with E-state index in [1.54, 1.807) is 6.07 Å². The third-order valence-electron chi connectivity index (χ3n) is 4.58. The van der Waals surface area contributed by atoms with E-state index in [2.05, 4.69) is 6.92 Å². The Kier molecular flexibility index (Phi) is 12.8. The van der Waals surface area contributed by atoms with Crippen LogP contribution in [0, 0.1) is 0 Å². The van der Waals surface area contributed by atoms with Gasteiger partial charge in [-0.05, 0) is 48.7 Å². The zero-order chi connectivity index (χ0) is 19.5. The van der Waals surface area contributed by atoms with Gasteiger partial charge < -0.3 is 9.29 Å². The number of ether oxygens (including phenoxy) is 1. The average molecular weight is 429 g/mol. The van der Waals surface area contributed by atoms with Gasteiger partial charge in [-0.3, -0.25) is 0 Å². The molecule has 0 radical (unpaired) electrons. The van der Waals surface area contributed by atoms with Crippen molar-refractivity contribution in [2.24, 2.45) is 0 Å². The van der Waals surface area contributed by atoms with Crippen molar-refractivity contribution in [2.75, 3.05) is 0 Å². The summed E-state index contributed by atoms with van der Waals surface area (Å²) in [6.07, 6.45) is 9.90. The summed E-state index contributed by atoms with van der Waals surface area (Å²) in [6, 6.07) is 13.9. The fraction of sp³-hybridized carbons (Fsp3) is 0.455. The number of unbranched alkanes of at least 4 members (excludes halogenated alkanes) is 7. The van der Waals surface area contributed by atoms with Gasteiger partial charge in [-0.25, -0.2) is 8.42 Å². The zero-order valence-corrected chi connectivity index (χ0v) is 21.0. The van der Waals surface area contributed by atoms with Crippen LogP contribution >= 0.6 is 0 Å². The molecule has 0 saturated carbocycles. The van der Waals surface area contributed by atoms with Gasteiger partial charge >= 0.3 is 51.4 Å². The summed E-state index contributed by atoms with van der Waals surface area (Å²) in [5.74, 6) is 1.22. The van der Waals surface area contributed by atoms with Crippen molar-refractivity contribution in [3.05, 3.63) is 54.1 Å². The topological polar surface area (TPSA) is 66.4 Å².